The van der Waals surface area contributed by atoms with Crippen molar-refractivity contribution in [3.63, 3.8) is 0 Å². The Hall–Kier alpha value is -1.34. The van der Waals surface area contributed by atoms with Crippen LogP contribution in [0.25, 0.3) is 0 Å². The van der Waals surface area contributed by atoms with Crippen LogP contribution in [-0.2, 0) is 20.4 Å². The molecule has 1 saturated heterocycles. The number of nitrogens with zero attached hydrogens (tertiary/aromatic N) is 1. The molecule has 0 aliphatic carbocycles. The van der Waals surface area contributed by atoms with Gasteiger partial charge in [0.15, 0.2) is 0 Å². The maximum absolute atomic E-state index is 13.9. The van der Waals surface area contributed by atoms with Crippen LogP contribution in [0.3, 0.4) is 0 Å². The van der Waals surface area contributed by atoms with Gasteiger partial charge in [0.05, 0.1) is 19.4 Å². The summed E-state index contributed by atoms with van der Waals surface area (Å²) in [6.07, 6.45) is 0.0999. The first kappa shape index (κ1) is 16.0. The van der Waals surface area contributed by atoms with Crippen molar-refractivity contribution in [3.8, 4) is 5.75 Å². The number of benzene rings is 1. The highest BCUT2D eigenvalue weighted by Crippen LogP contribution is 2.27. The summed E-state index contributed by atoms with van der Waals surface area (Å²) in [4.78, 5) is 13.3. The highest BCUT2D eigenvalue weighted by atomic mass is 35.7. The molecule has 2 rings (SSSR count). The van der Waals surface area contributed by atoms with Crippen LogP contribution >= 0.6 is 10.7 Å². The molecule has 8 heteroatoms. The molecule has 1 atom stereocenters. The van der Waals surface area contributed by atoms with Crippen LogP contribution in [0.5, 0.6) is 5.75 Å². The van der Waals surface area contributed by atoms with E-state index >= 15 is 0 Å². The summed E-state index contributed by atoms with van der Waals surface area (Å²) in [5.41, 5.74) is 0.280. The van der Waals surface area contributed by atoms with E-state index in [1.165, 1.54) is 24.1 Å². The lowest BCUT2D eigenvalue weighted by atomic mass is 10.1. The summed E-state index contributed by atoms with van der Waals surface area (Å²) in [5.74, 6) is -0.944. The largest absolute Gasteiger partial charge is 0.496 e. The molecule has 5 nitrogen and oxygen atoms in total. The van der Waals surface area contributed by atoms with Crippen molar-refractivity contribution < 1.29 is 22.3 Å². The van der Waals surface area contributed by atoms with Gasteiger partial charge in [0.2, 0.25) is 15.0 Å². The summed E-state index contributed by atoms with van der Waals surface area (Å²) in [5, 5.41) is 0. The van der Waals surface area contributed by atoms with Crippen LogP contribution in [0.2, 0.25) is 0 Å². The number of carbonyl (C=O) groups excluding carboxylic acids is 1. The molecule has 0 bridgehead atoms. The molecule has 0 radical (unpaired) electrons. The molecule has 1 aliphatic rings. The Morgan fingerprint density at radius 1 is 1.48 bits per heavy atom. The normalized spacial score (nSPS) is 19.1. The van der Waals surface area contributed by atoms with E-state index in [1.54, 1.807) is 6.07 Å². The Balaban J connectivity index is 2.12. The van der Waals surface area contributed by atoms with Crippen molar-refractivity contribution in [2.24, 2.45) is 5.92 Å². The van der Waals surface area contributed by atoms with E-state index in [0.717, 1.165) is 0 Å². The Kier molecular flexibility index (Phi) is 4.73. The molecule has 0 spiro atoms. The van der Waals surface area contributed by atoms with Gasteiger partial charge in [0.25, 0.3) is 0 Å². The SMILES string of the molecule is COc1cccc(F)c1CN1CC(CS(=O)(=O)Cl)CC1=O. The lowest BCUT2D eigenvalue weighted by Gasteiger charge is -2.18. The Morgan fingerprint density at radius 2 is 2.19 bits per heavy atom. The van der Waals surface area contributed by atoms with Gasteiger partial charge in [-0.15, -0.1) is 0 Å². The first-order chi connectivity index (χ1) is 9.80. The van der Waals surface area contributed by atoms with E-state index in [9.17, 15) is 17.6 Å². The molecule has 0 saturated carbocycles. The van der Waals surface area contributed by atoms with E-state index in [4.69, 9.17) is 15.4 Å². The zero-order valence-electron chi connectivity index (χ0n) is 11.4. The van der Waals surface area contributed by atoms with Gasteiger partial charge in [-0.25, -0.2) is 12.8 Å². The standard InChI is InChI=1S/C13H15ClFNO4S/c1-20-12-4-2-3-11(15)10(12)7-16-6-9(5-13(16)17)8-21(14,18)19/h2-4,9H,5-8H2,1H3. The number of halogens is 2. The van der Waals surface area contributed by atoms with Crippen molar-refractivity contribution in [3.05, 3.63) is 29.6 Å². The monoisotopic (exact) mass is 335 g/mol. The van der Waals surface area contributed by atoms with Gasteiger partial charge in [-0.05, 0) is 12.1 Å². The molecule has 1 aromatic rings. The van der Waals surface area contributed by atoms with E-state index in [0.29, 0.717) is 5.75 Å². The van der Waals surface area contributed by atoms with Crippen molar-refractivity contribution in [1.29, 1.82) is 0 Å². The number of hydrogen-bond donors (Lipinski definition) is 0. The van der Waals surface area contributed by atoms with Crippen molar-refractivity contribution in [1.82, 2.24) is 4.90 Å². The van der Waals surface area contributed by atoms with Crippen LogP contribution in [0, 0.1) is 11.7 Å². The summed E-state index contributed by atoms with van der Waals surface area (Å²) in [7, 11) is 2.97. The molecule has 1 fully saturated rings. The predicted octanol–water partition coefficient (Wildman–Crippen LogP) is 1.75. The molecule has 1 heterocycles. The van der Waals surface area contributed by atoms with Crippen LogP contribution in [0.15, 0.2) is 18.2 Å². The third-order valence-corrected chi connectivity index (χ3v) is 4.62. The summed E-state index contributed by atoms with van der Waals surface area (Å²) >= 11 is 0. The Labute approximate surface area is 127 Å². The Bertz CT molecular complexity index is 650. The minimum atomic E-state index is -3.65. The fourth-order valence-electron chi connectivity index (χ4n) is 2.47. The highest BCUT2D eigenvalue weighted by molar-refractivity contribution is 8.13. The molecule has 1 unspecified atom stereocenters. The van der Waals surface area contributed by atoms with Crippen LogP contribution in [-0.4, -0.2) is 38.6 Å². The number of rotatable bonds is 5. The van der Waals surface area contributed by atoms with Gasteiger partial charge in [0, 0.05) is 35.1 Å². The van der Waals surface area contributed by atoms with Gasteiger partial charge >= 0.3 is 0 Å². The fourth-order valence-corrected chi connectivity index (χ4v) is 3.80. The molecule has 116 valence electrons. The molecule has 21 heavy (non-hydrogen) atoms. The second kappa shape index (κ2) is 6.19. The molecule has 0 aromatic heterocycles. The van der Waals surface area contributed by atoms with Crippen molar-refractivity contribution in [2.45, 2.75) is 13.0 Å². The average molecular weight is 336 g/mol. The maximum Gasteiger partial charge on any atom is 0.232 e. The molecule has 1 aromatic carbocycles. The van der Waals surface area contributed by atoms with Gasteiger partial charge in [-0.2, -0.15) is 0 Å². The van der Waals surface area contributed by atoms with Gasteiger partial charge in [-0.1, -0.05) is 6.07 Å². The summed E-state index contributed by atoms with van der Waals surface area (Å²) < 4.78 is 41.1. The van der Waals surface area contributed by atoms with Crippen LogP contribution in [0.1, 0.15) is 12.0 Å². The Morgan fingerprint density at radius 3 is 2.81 bits per heavy atom. The fraction of sp³-hybridized carbons (Fsp3) is 0.462. The third kappa shape index (κ3) is 4.07. The molecular formula is C13H15ClFNO4S. The van der Waals surface area contributed by atoms with Gasteiger partial charge in [0.1, 0.15) is 11.6 Å². The predicted molar refractivity (Wildman–Crippen MR) is 76.1 cm³/mol. The van der Waals surface area contributed by atoms with Crippen LogP contribution in [0.4, 0.5) is 4.39 Å². The van der Waals surface area contributed by atoms with E-state index in [-0.39, 0.29) is 42.7 Å². The lowest BCUT2D eigenvalue weighted by molar-refractivity contribution is -0.128. The smallest absolute Gasteiger partial charge is 0.232 e. The van der Waals surface area contributed by atoms with E-state index in [2.05, 4.69) is 0 Å². The molecule has 0 N–H and O–H groups in total. The van der Waals surface area contributed by atoms with E-state index in [1.807, 2.05) is 0 Å². The molecular weight excluding hydrogens is 321 g/mol. The maximum atomic E-state index is 13.9. The molecule has 1 amide bonds. The topological polar surface area (TPSA) is 63.7 Å². The second-order valence-electron chi connectivity index (χ2n) is 4.97. The van der Waals surface area contributed by atoms with E-state index < -0.39 is 14.9 Å². The minimum absolute atomic E-state index is 0.0491. The number of methoxy groups -OCH3 is 1. The first-order valence-electron chi connectivity index (χ1n) is 6.31. The number of hydrogen-bond acceptors (Lipinski definition) is 4. The highest BCUT2D eigenvalue weighted by Gasteiger charge is 2.33. The number of ether oxygens (including phenoxy) is 1. The minimum Gasteiger partial charge on any atom is -0.496 e. The number of amides is 1. The summed E-state index contributed by atoms with van der Waals surface area (Å²) in [6, 6.07) is 4.42. The van der Waals surface area contributed by atoms with Crippen molar-refractivity contribution in [2.75, 3.05) is 19.4 Å². The third-order valence-electron chi connectivity index (χ3n) is 3.37. The van der Waals surface area contributed by atoms with Crippen LogP contribution < -0.4 is 4.74 Å². The molecule has 1 aliphatic heterocycles. The van der Waals surface area contributed by atoms with Gasteiger partial charge in [-0.3, -0.25) is 4.79 Å². The quantitative estimate of drug-likeness (QED) is 0.769. The summed E-state index contributed by atoms with van der Waals surface area (Å²) in [6.45, 7) is 0.287. The number of carbonyl (C=O) groups is 1. The van der Waals surface area contributed by atoms with Gasteiger partial charge < -0.3 is 9.64 Å². The van der Waals surface area contributed by atoms with Crippen molar-refractivity contribution >= 4 is 25.6 Å². The zero-order valence-corrected chi connectivity index (χ0v) is 13.0. The lowest BCUT2D eigenvalue weighted by Crippen LogP contribution is -2.26. The average Bonchev–Trinajstić information content (AvgIpc) is 2.69. The second-order valence-corrected chi connectivity index (χ2v) is 7.79. The first-order valence-corrected chi connectivity index (χ1v) is 8.79. The zero-order chi connectivity index (χ0) is 15.6. The number of likely N-dealkylation sites (tertiary alicyclic amines) is 1.